The summed E-state index contributed by atoms with van der Waals surface area (Å²) in [4.78, 5) is 10.1. The largest absolute Gasteiger partial charge is 0.265 e. The Balaban J connectivity index is 2.49. The van der Waals surface area contributed by atoms with Gasteiger partial charge in [-0.3, -0.25) is 4.98 Å². The van der Waals surface area contributed by atoms with E-state index in [0.29, 0.717) is 0 Å². The maximum atomic E-state index is 4.76. The first-order valence-electron chi connectivity index (χ1n) is 5.54. The van der Waals surface area contributed by atoms with Crippen molar-refractivity contribution in [2.24, 2.45) is 0 Å². The summed E-state index contributed by atoms with van der Waals surface area (Å²) in [5, 5.41) is 1.06. The van der Waals surface area contributed by atoms with Crippen molar-refractivity contribution in [3.63, 3.8) is 0 Å². The summed E-state index contributed by atoms with van der Waals surface area (Å²) in [6.45, 7) is 6.56. The number of hydrogen-bond donors (Lipinski definition) is 1. The van der Waals surface area contributed by atoms with E-state index in [9.17, 15) is 0 Å². The van der Waals surface area contributed by atoms with Gasteiger partial charge >= 0.3 is 0 Å². The maximum absolute atomic E-state index is 4.76. The normalized spacial score (nSPS) is 11.8. The summed E-state index contributed by atoms with van der Waals surface area (Å²) in [7, 11) is 0. The molecule has 90 valence electrons. The molecule has 4 heteroatoms. The Labute approximate surface area is 112 Å². The topological polar surface area (TPSA) is 25.8 Å². The fourth-order valence-corrected chi connectivity index (χ4v) is 3.14. The van der Waals surface area contributed by atoms with Gasteiger partial charge in [-0.15, -0.1) is 11.3 Å². The van der Waals surface area contributed by atoms with Gasteiger partial charge in [0.1, 0.15) is 5.01 Å². The Morgan fingerprint density at radius 2 is 1.88 bits per heavy atom. The van der Waals surface area contributed by atoms with Gasteiger partial charge < -0.3 is 0 Å². The average molecular weight is 264 g/mol. The fraction of sp³-hybridized carbons (Fsp3) is 0.385. The van der Waals surface area contributed by atoms with Gasteiger partial charge in [-0.05, 0) is 12.1 Å². The molecule has 2 nitrogen and oxygen atoms in total. The number of thiol groups is 1. The van der Waals surface area contributed by atoms with Crippen LogP contribution in [0.3, 0.4) is 0 Å². The molecule has 0 fully saturated rings. The summed E-state index contributed by atoms with van der Waals surface area (Å²) < 4.78 is 0. The van der Waals surface area contributed by atoms with Crippen LogP contribution >= 0.6 is 24.0 Å². The van der Waals surface area contributed by atoms with Crippen molar-refractivity contribution in [1.29, 1.82) is 0 Å². The molecule has 0 saturated carbocycles. The molecule has 0 radical (unpaired) electrons. The van der Waals surface area contributed by atoms with Crippen LogP contribution in [0.2, 0.25) is 0 Å². The molecule has 2 rings (SSSR count). The summed E-state index contributed by atoms with van der Waals surface area (Å²) >= 11 is 6.12. The molecule has 0 N–H and O–H groups in total. The van der Waals surface area contributed by atoms with Crippen molar-refractivity contribution in [3.8, 4) is 10.6 Å². The molecule has 2 aromatic rings. The first kappa shape index (κ1) is 12.6. The standard InChI is InChI=1S/C13H16N2S2/c1-13(2,3)11-10(8-16)17-12(15-11)9-4-6-14-7-5-9/h4-7,16H,8H2,1-3H3. The number of hydrogen-bond acceptors (Lipinski definition) is 4. The molecule has 0 atom stereocenters. The Morgan fingerprint density at radius 1 is 1.24 bits per heavy atom. The summed E-state index contributed by atoms with van der Waals surface area (Å²) in [6, 6.07) is 3.99. The third-order valence-electron chi connectivity index (χ3n) is 2.48. The third kappa shape index (κ3) is 2.69. The van der Waals surface area contributed by atoms with Gasteiger partial charge in [-0.1, -0.05) is 20.8 Å². The predicted octanol–water partition coefficient (Wildman–Crippen LogP) is 3.93. The van der Waals surface area contributed by atoms with Gasteiger partial charge in [0.15, 0.2) is 0 Å². The van der Waals surface area contributed by atoms with E-state index in [1.165, 1.54) is 4.88 Å². The minimum Gasteiger partial charge on any atom is -0.265 e. The van der Waals surface area contributed by atoms with Gasteiger partial charge in [0.2, 0.25) is 0 Å². The minimum absolute atomic E-state index is 0.0693. The van der Waals surface area contributed by atoms with Crippen molar-refractivity contribution in [1.82, 2.24) is 9.97 Å². The number of rotatable bonds is 2. The maximum Gasteiger partial charge on any atom is 0.124 e. The molecular formula is C13H16N2S2. The highest BCUT2D eigenvalue weighted by molar-refractivity contribution is 7.79. The lowest BCUT2D eigenvalue weighted by molar-refractivity contribution is 0.569. The van der Waals surface area contributed by atoms with E-state index < -0.39 is 0 Å². The van der Waals surface area contributed by atoms with Crippen LogP contribution in [0, 0.1) is 0 Å². The Morgan fingerprint density at radius 3 is 2.35 bits per heavy atom. The van der Waals surface area contributed by atoms with Crippen LogP contribution < -0.4 is 0 Å². The minimum atomic E-state index is 0.0693. The molecule has 17 heavy (non-hydrogen) atoms. The lowest BCUT2D eigenvalue weighted by Crippen LogP contribution is -2.13. The van der Waals surface area contributed by atoms with E-state index >= 15 is 0 Å². The molecule has 0 saturated heterocycles. The van der Waals surface area contributed by atoms with E-state index in [4.69, 9.17) is 4.98 Å². The van der Waals surface area contributed by atoms with Crippen molar-refractivity contribution in [2.75, 3.05) is 0 Å². The Hall–Kier alpha value is -0.870. The van der Waals surface area contributed by atoms with Crippen molar-refractivity contribution in [2.45, 2.75) is 31.9 Å². The summed E-state index contributed by atoms with van der Waals surface area (Å²) in [5.41, 5.74) is 2.35. The van der Waals surface area contributed by atoms with E-state index in [0.717, 1.165) is 22.0 Å². The third-order valence-corrected chi connectivity index (χ3v) is 4.11. The molecule has 0 aliphatic rings. The lowest BCUT2D eigenvalue weighted by Gasteiger charge is -2.16. The van der Waals surface area contributed by atoms with E-state index in [1.54, 1.807) is 23.7 Å². The molecule has 0 spiro atoms. The van der Waals surface area contributed by atoms with Gasteiger partial charge in [0, 0.05) is 34.0 Å². The predicted molar refractivity (Wildman–Crippen MR) is 76.7 cm³/mol. The van der Waals surface area contributed by atoms with Gasteiger partial charge in [-0.2, -0.15) is 12.6 Å². The van der Waals surface area contributed by atoms with Crippen LogP contribution in [0.15, 0.2) is 24.5 Å². The Bertz CT molecular complexity index is 498. The first-order chi connectivity index (χ1) is 8.02. The van der Waals surface area contributed by atoms with E-state index in [-0.39, 0.29) is 5.41 Å². The molecule has 0 bridgehead atoms. The smallest absolute Gasteiger partial charge is 0.124 e. The van der Waals surface area contributed by atoms with Crippen molar-refractivity contribution in [3.05, 3.63) is 35.1 Å². The zero-order valence-corrected chi connectivity index (χ0v) is 12.0. The molecule has 0 unspecified atom stereocenters. The highest BCUT2D eigenvalue weighted by Gasteiger charge is 2.22. The molecular weight excluding hydrogens is 248 g/mol. The van der Waals surface area contributed by atoms with Gasteiger partial charge in [-0.25, -0.2) is 4.98 Å². The van der Waals surface area contributed by atoms with Crippen LogP contribution in [0.25, 0.3) is 10.6 Å². The Kier molecular flexibility index (Phi) is 3.54. The monoisotopic (exact) mass is 264 g/mol. The van der Waals surface area contributed by atoms with Crippen LogP contribution in [0.5, 0.6) is 0 Å². The van der Waals surface area contributed by atoms with Crippen LogP contribution in [0.4, 0.5) is 0 Å². The van der Waals surface area contributed by atoms with Crippen molar-refractivity contribution < 1.29 is 0 Å². The van der Waals surface area contributed by atoms with E-state index in [2.05, 4.69) is 38.4 Å². The van der Waals surface area contributed by atoms with Crippen LogP contribution in [0.1, 0.15) is 31.3 Å². The fourth-order valence-electron chi connectivity index (χ4n) is 1.66. The summed E-state index contributed by atoms with van der Waals surface area (Å²) in [6.07, 6.45) is 3.60. The quantitative estimate of drug-likeness (QED) is 0.832. The second-order valence-electron chi connectivity index (χ2n) is 4.93. The average Bonchev–Trinajstić information content (AvgIpc) is 2.74. The zero-order chi connectivity index (χ0) is 12.5. The van der Waals surface area contributed by atoms with Crippen LogP contribution in [-0.4, -0.2) is 9.97 Å². The highest BCUT2D eigenvalue weighted by atomic mass is 32.1. The zero-order valence-electron chi connectivity index (χ0n) is 10.3. The molecule has 0 aliphatic carbocycles. The number of aromatic nitrogens is 2. The first-order valence-corrected chi connectivity index (χ1v) is 6.98. The molecule has 0 aromatic carbocycles. The molecule has 0 amide bonds. The van der Waals surface area contributed by atoms with Crippen molar-refractivity contribution >= 4 is 24.0 Å². The number of pyridine rings is 1. The van der Waals surface area contributed by atoms with E-state index in [1.807, 2.05) is 12.1 Å². The van der Waals surface area contributed by atoms with Gasteiger partial charge in [0.25, 0.3) is 0 Å². The lowest BCUT2D eigenvalue weighted by atomic mass is 9.91. The van der Waals surface area contributed by atoms with Crippen LogP contribution in [-0.2, 0) is 11.2 Å². The molecule has 0 aliphatic heterocycles. The molecule has 2 aromatic heterocycles. The van der Waals surface area contributed by atoms with Gasteiger partial charge in [0.05, 0.1) is 5.69 Å². The number of thiazole rings is 1. The SMILES string of the molecule is CC(C)(C)c1nc(-c2ccncc2)sc1CS. The second kappa shape index (κ2) is 4.78. The highest BCUT2D eigenvalue weighted by Crippen LogP contribution is 2.34. The number of nitrogens with zero attached hydrogens (tertiary/aromatic N) is 2. The second-order valence-corrected chi connectivity index (χ2v) is 6.33. The summed E-state index contributed by atoms with van der Waals surface area (Å²) in [5.74, 6) is 0.745. The molecule has 2 heterocycles.